The lowest BCUT2D eigenvalue weighted by atomic mass is 10.1. The van der Waals surface area contributed by atoms with Crippen LogP contribution in [0.4, 0.5) is 0 Å². The van der Waals surface area contributed by atoms with E-state index in [2.05, 4.69) is 33.5 Å². The summed E-state index contributed by atoms with van der Waals surface area (Å²) in [6, 6.07) is 6.41. The zero-order chi connectivity index (χ0) is 15.8. The molecule has 0 spiro atoms. The van der Waals surface area contributed by atoms with Crippen molar-refractivity contribution in [1.29, 1.82) is 0 Å². The van der Waals surface area contributed by atoms with E-state index >= 15 is 0 Å². The highest BCUT2D eigenvalue weighted by molar-refractivity contribution is 6.31. The molecule has 124 valence electrons. The molecule has 2 aromatic rings. The Kier molecular flexibility index (Phi) is 4.35. The summed E-state index contributed by atoms with van der Waals surface area (Å²) in [7, 11) is 2.21. The van der Waals surface area contributed by atoms with Gasteiger partial charge < -0.3 is 14.4 Å². The van der Waals surface area contributed by atoms with Crippen molar-refractivity contribution in [2.75, 3.05) is 33.2 Å². The molecule has 0 aliphatic carbocycles. The van der Waals surface area contributed by atoms with Crippen molar-refractivity contribution in [2.24, 2.45) is 0 Å². The molecule has 4 rings (SSSR count). The molecule has 2 aliphatic rings. The van der Waals surface area contributed by atoms with Gasteiger partial charge in [0.1, 0.15) is 0 Å². The van der Waals surface area contributed by atoms with Crippen molar-refractivity contribution < 1.29 is 0 Å². The molecule has 1 saturated heterocycles. The number of aryl methyl sites for hydroxylation is 1. The van der Waals surface area contributed by atoms with Gasteiger partial charge in [0.05, 0.1) is 0 Å². The normalized spacial score (nSPS) is 19.6. The van der Waals surface area contributed by atoms with Crippen molar-refractivity contribution in [1.82, 2.24) is 14.4 Å². The van der Waals surface area contributed by atoms with Gasteiger partial charge in [-0.15, -0.1) is 0 Å². The van der Waals surface area contributed by atoms with Gasteiger partial charge in [0, 0.05) is 47.7 Å². The van der Waals surface area contributed by atoms with E-state index in [4.69, 9.17) is 11.6 Å². The second kappa shape index (κ2) is 6.46. The highest BCUT2D eigenvalue weighted by atomic mass is 35.5. The highest BCUT2D eigenvalue weighted by Crippen LogP contribution is 2.32. The number of aromatic nitrogens is 1. The van der Waals surface area contributed by atoms with E-state index in [-0.39, 0.29) is 0 Å². The van der Waals surface area contributed by atoms with Gasteiger partial charge in [-0.05, 0) is 69.7 Å². The zero-order valence-corrected chi connectivity index (χ0v) is 14.8. The second-order valence-electron chi connectivity index (χ2n) is 7.13. The van der Waals surface area contributed by atoms with Gasteiger partial charge in [0.2, 0.25) is 0 Å². The average Bonchev–Trinajstić information content (AvgIpc) is 3.15. The van der Waals surface area contributed by atoms with Crippen LogP contribution in [-0.4, -0.2) is 47.6 Å². The summed E-state index contributed by atoms with van der Waals surface area (Å²) in [5, 5.41) is 2.21. The Morgan fingerprint density at radius 3 is 2.74 bits per heavy atom. The molecule has 4 heteroatoms. The van der Waals surface area contributed by atoms with E-state index in [9.17, 15) is 0 Å². The minimum absolute atomic E-state index is 0.850. The molecule has 0 amide bonds. The standard InChI is InChI=1S/C19H26ClN3/c1-21-12-7-19-17(14-21)16-13-15(20)5-6-18(16)23(19)11-4-10-22-8-2-3-9-22/h5-6,13H,2-4,7-12,14H2,1H3. The number of rotatable bonds is 4. The Morgan fingerprint density at radius 2 is 1.91 bits per heavy atom. The Bertz CT molecular complexity index is 700. The summed E-state index contributed by atoms with van der Waals surface area (Å²) in [5.41, 5.74) is 4.41. The molecule has 0 bridgehead atoms. The van der Waals surface area contributed by atoms with E-state index in [0.717, 1.165) is 31.1 Å². The lowest BCUT2D eigenvalue weighted by Crippen LogP contribution is -2.27. The maximum Gasteiger partial charge on any atom is 0.0486 e. The summed E-state index contributed by atoms with van der Waals surface area (Å²) in [6.45, 7) is 7.17. The van der Waals surface area contributed by atoms with Crippen LogP contribution in [0.3, 0.4) is 0 Å². The molecule has 0 atom stereocenters. The molecule has 3 nitrogen and oxygen atoms in total. The number of benzene rings is 1. The number of likely N-dealkylation sites (N-methyl/N-ethyl adjacent to an activating group) is 1. The lowest BCUT2D eigenvalue weighted by Gasteiger charge is -2.24. The van der Waals surface area contributed by atoms with E-state index in [1.807, 2.05) is 6.07 Å². The summed E-state index contributed by atoms with van der Waals surface area (Å²) in [4.78, 5) is 5.03. The average molecular weight is 332 g/mol. The first-order valence-electron chi connectivity index (χ1n) is 8.93. The van der Waals surface area contributed by atoms with E-state index in [1.165, 1.54) is 55.4 Å². The Balaban J connectivity index is 1.62. The number of halogens is 1. The summed E-state index contributed by atoms with van der Waals surface area (Å²) in [5.74, 6) is 0. The van der Waals surface area contributed by atoms with Gasteiger partial charge in [-0.1, -0.05) is 11.6 Å². The van der Waals surface area contributed by atoms with Crippen molar-refractivity contribution in [3.05, 3.63) is 34.5 Å². The van der Waals surface area contributed by atoms with Gasteiger partial charge in [-0.2, -0.15) is 0 Å². The van der Waals surface area contributed by atoms with Crippen molar-refractivity contribution >= 4 is 22.5 Å². The third-order valence-electron chi connectivity index (χ3n) is 5.46. The third-order valence-corrected chi connectivity index (χ3v) is 5.70. The summed E-state index contributed by atoms with van der Waals surface area (Å²) >= 11 is 6.27. The van der Waals surface area contributed by atoms with Crippen molar-refractivity contribution in [2.45, 2.75) is 38.8 Å². The van der Waals surface area contributed by atoms with Crippen LogP contribution in [0.25, 0.3) is 10.9 Å². The zero-order valence-electron chi connectivity index (χ0n) is 14.0. The van der Waals surface area contributed by atoms with Gasteiger partial charge in [-0.25, -0.2) is 0 Å². The van der Waals surface area contributed by atoms with Gasteiger partial charge in [-0.3, -0.25) is 0 Å². The lowest BCUT2D eigenvalue weighted by molar-refractivity contribution is 0.304. The minimum Gasteiger partial charge on any atom is -0.344 e. The van der Waals surface area contributed by atoms with E-state index in [0.29, 0.717) is 0 Å². The third kappa shape index (κ3) is 3.02. The molecule has 0 saturated carbocycles. The van der Waals surface area contributed by atoms with Gasteiger partial charge in [0.15, 0.2) is 0 Å². The van der Waals surface area contributed by atoms with E-state index in [1.54, 1.807) is 5.69 Å². The second-order valence-corrected chi connectivity index (χ2v) is 7.56. The van der Waals surface area contributed by atoms with Crippen LogP contribution in [0.2, 0.25) is 5.02 Å². The number of hydrogen-bond donors (Lipinski definition) is 0. The first-order chi connectivity index (χ1) is 11.2. The molecule has 23 heavy (non-hydrogen) atoms. The smallest absolute Gasteiger partial charge is 0.0486 e. The predicted molar refractivity (Wildman–Crippen MR) is 97.3 cm³/mol. The quantitative estimate of drug-likeness (QED) is 0.845. The number of nitrogens with zero attached hydrogens (tertiary/aromatic N) is 3. The van der Waals surface area contributed by atoms with Crippen LogP contribution in [-0.2, 0) is 19.5 Å². The van der Waals surface area contributed by atoms with Crippen LogP contribution in [0.5, 0.6) is 0 Å². The van der Waals surface area contributed by atoms with Crippen molar-refractivity contribution in [3.63, 3.8) is 0 Å². The Labute approximate surface area is 143 Å². The van der Waals surface area contributed by atoms with Gasteiger partial charge >= 0.3 is 0 Å². The predicted octanol–water partition coefficient (Wildman–Crippen LogP) is 3.77. The molecule has 1 aromatic carbocycles. The molecule has 0 N–H and O–H groups in total. The largest absolute Gasteiger partial charge is 0.344 e. The topological polar surface area (TPSA) is 11.4 Å². The first-order valence-corrected chi connectivity index (χ1v) is 9.30. The molecular formula is C19H26ClN3. The Morgan fingerprint density at radius 1 is 1.09 bits per heavy atom. The molecule has 0 unspecified atom stereocenters. The summed E-state index contributed by atoms with van der Waals surface area (Å²) in [6.07, 6.45) is 5.16. The number of hydrogen-bond acceptors (Lipinski definition) is 2. The molecule has 1 fully saturated rings. The van der Waals surface area contributed by atoms with Gasteiger partial charge in [0.25, 0.3) is 0 Å². The molecule has 0 radical (unpaired) electrons. The van der Waals surface area contributed by atoms with Crippen LogP contribution in [0.1, 0.15) is 30.5 Å². The van der Waals surface area contributed by atoms with Crippen LogP contribution >= 0.6 is 11.6 Å². The van der Waals surface area contributed by atoms with Crippen LogP contribution in [0.15, 0.2) is 18.2 Å². The number of fused-ring (bicyclic) bond motifs is 3. The first kappa shape index (κ1) is 15.5. The summed E-state index contributed by atoms with van der Waals surface area (Å²) < 4.78 is 2.57. The fraction of sp³-hybridized carbons (Fsp3) is 0.579. The van der Waals surface area contributed by atoms with Crippen LogP contribution in [0, 0.1) is 0 Å². The van der Waals surface area contributed by atoms with Crippen molar-refractivity contribution in [3.8, 4) is 0 Å². The van der Waals surface area contributed by atoms with Crippen LogP contribution < -0.4 is 0 Å². The maximum absolute atomic E-state index is 6.27. The fourth-order valence-corrected chi connectivity index (χ4v) is 4.44. The fourth-order valence-electron chi connectivity index (χ4n) is 4.27. The molecule has 1 aromatic heterocycles. The molecular weight excluding hydrogens is 306 g/mol. The minimum atomic E-state index is 0.850. The number of likely N-dealkylation sites (tertiary alicyclic amines) is 1. The van der Waals surface area contributed by atoms with E-state index < -0.39 is 0 Å². The highest BCUT2D eigenvalue weighted by Gasteiger charge is 2.22. The Hall–Kier alpha value is -1.03. The molecule has 3 heterocycles. The maximum atomic E-state index is 6.27. The molecule has 2 aliphatic heterocycles. The monoisotopic (exact) mass is 331 g/mol. The SMILES string of the molecule is CN1CCc2c(c3cc(Cl)ccc3n2CCCN2CCCC2)C1.